The number of nitrogens with zero attached hydrogens (tertiary/aromatic N) is 1. The lowest BCUT2D eigenvalue weighted by Gasteiger charge is -2.29. The van der Waals surface area contributed by atoms with E-state index in [1.807, 2.05) is 6.92 Å². The van der Waals surface area contributed by atoms with E-state index in [2.05, 4.69) is 10.6 Å². The number of amides is 3. The average Bonchev–Trinajstić information content (AvgIpc) is 3.13. The Morgan fingerprint density at radius 1 is 1.28 bits per heavy atom. The van der Waals surface area contributed by atoms with Crippen LogP contribution in [0.2, 0.25) is 5.02 Å². The number of carbonyl (C=O) groups is 3. The summed E-state index contributed by atoms with van der Waals surface area (Å²) in [6.07, 6.45) is 0. The van der Waals surface area contributed by atoms with E-state index in [4.69, 9.17) is 16.3 Å². The van der Waals surface area contributed by atoms with Crippen molar-refractivity contribution in [2.24, 2.45) is 11.8 Å². The first kappa shape index (κ1) is 16.5. The predicted molar refractivity (Wildman–Crippen MR) is 89.9 cm³/mol. The predicted octanol–water partition coefficient (Wildman–Crippen LogP) is 0.727. The second-order valence-electron chi connectivity index (χ2n) is 6.68. The number of likely N-dealkylation sites (tertiary alicyclic amines) is 1. The lowest BCUT2D eigenvalue weighted by atomic mass is 9.76. The Kier molecular flexibility index (Phi) is 3.64. The maximum Gasteiger partial charge on any atom is 0.250 e. The molecule has 0 saturated carbocycles. The minimum atomic E-state index is -1.26. The van der Waals surface area contributed by atoms with Crippen LogP contribution in [0.3, 0.4) is 0 Å². The van der Waals surface area contributed by atoms with Gasteiger partial charge in [0.05, 0.1) is 35.7 Å². The zero-order valence-corrected chi connectivity index (χ0v) is 14.6. The Balaban J connectivity index is 1.84. The average molecular weight is 364 g/mol. The number of fused-ring (bicyclic) bond motifs is 4. The van der Waals surface area contributed by atoms with E-state index < -0.39 is 17.4 Å². The van der Waals surface area contributed by atoms with Gasteiger partial charge in [-0.1, -0.05) is 23.7 Å². The van der Waals surface area contributed by atoms with Crippen LogP contribution >= 0.6 is 11.6 Å². The molecule has 3 amide bonds. The van der Waals surface area contributed by atoms with Crippen LogP contribution in [0.1, 0.15) is 12.5 Å². The molecule has 0 radical (unpaired) electrons. The van der Waals surface area contributed by atoms with Gasteiger partial charge in [0.15, 0.2) is 0 Å². The van der Waals surface area contributed by atoms with Gasteiger partial charge in [-0.2, -0.15) is 0 Å². The van der Waals surface area contributed by atoms with Crippen molar-refractivity contribution in [2.75, 3.05) is 25.6 Å². The van der Waals surface area contributed by atoms with E-state index in [1.54, 1.807) is 18.2 Å². The highest BCUT2D eigenvalue weighted by atomic mass is 35.5. The number of ether oxygens (including phenoxy) is 1. The number of para-hydroxylation sites is 1. The van der Waals surface area contributed by atoms with E-state index in [1.165, 1.54) is 12.0 Å². The highest BCUT2D eigenvalue weighted by Crippen LogP contribution is 2.53. The Bertz CT molecular complexity index is 798. The van der Waals surface area contributed by atoms with Crippen molar-refractivity contribution < 1.29 is 19.1 Å². The van der Waals surface area contributed by atoms with Crippen LogP contribution in [0.5, 0.6) is 0 Å². The standard InChI is InChI=1S/C17H18ClN3O4/c1-8-11-12(15(23)21(14(11)22)6-7-25-2)17(20-8)9-4-3-5-10(18)13(9)19-16(17)24/h3-5,8,11-12,20H,6-7H2,1-2H3,(H,19,24)/t8?,11-,12+,17?/m0/s1. The molecule has 132 valence electrons. The van der Waals surface area contributed by atoms with Gasteiger partial charge in [-0.15, -0.1) is 0 Å². The number of hydrogen-bond acceptors (Lipinski definition) is 5. The molecule has 3 heterocycles. The zero-order valence-electron chi connectivity index (χ0n) is 13.8. The van der Waals surface area contributed by atoms with E-state index in [0.717, 1.165) is 0 Å². The van der Waals surface area contributed by atoms with E-state index in [-0.39, 0.29) is 36.9 Å². The van der Waals surface area contributed by atoms with Crippen LogP contribution in [0, 0.1) is 11.8 Å². The van der Waals surface area contributed by atoms with Crippen molar-refractivity contribution in [1.29, 1.82) is 0 Å². The first-order chi connectivity index (χ1) is 11.9. The summed E-state index contributed by atoms with van der Waals surface area (Å²) in [5.41, 5.74) is -0.136. The SMILES string of the molecule is COCCN1C(=O)[C@H]2C(C)NC3(C(=O)Nc4c(Cl)cccc43)[C@H]2C1=O. The molecule has 1 aromatic rings. The molecule has 2 unspecified atom stereocenters. The van der Waals surface area contributed by atoms with Crippen molar-refractivity contribution in [2.45, 2.75) is 18.5 Å². The van der Waals surface area contributed by atoms with E-state index in [9.17, 15) is 14.4 Å². The summed E-state index contributed by atoms with van der Waals surface area (Å²) in [5, 5.41) is 6.43. The maximum absolute atomic E-state index is 13.0. The number of hydrogen-bond donors (Lipinski definition) is 2. The molecule has 0 aromatic heterocycles. The summed E-state index contributed by atoms with van der Waals surface area (Å²) < 4.78 is 5.00. The quantitative estimate of drug-likeness (QED) is 0.773. The summed E-state index contributed by atoms with van der Waals surface area (Å²) in [6, 6.07) is 4.88. The number of benzene rings is 1. The molecule has 2 saturated heterocycles. The molecule has 7 nitrogen and oxygen atoms in total. The van der Waals surface area contributed by atoms with Gasteiger partial charge in [0.1, 0.15) is 5.54 Å². The molecule has 1 aromatic carbocycles. The van der Waals surface area contributed by atoms with Crippen LogP contribution in [0.15, 0.2) is 18.2 Å². The topological polar surface area (TPSA) is 87.7 Å². The largest absolute Gasteiger partial charge is 0.383 e. The Labute approximate surface area is 149 Å². The number of halogens is 1. The number of nitrogens with one attached hydrogen (secondary N) is 2. The third kappa shape index (κ3) is 1.97. The monoisotopic (exact) mass is 363 g/mol. The summed E-state index contributed by atoms with van der Waals surface area (Å²) >= 11 is 6.22. The highest BCUT2D eigenvalue weighted by Gasteiger charge is 2.69. The second kappa shape index (κ2) is 5.52. The number of rotatable bonds is 3. The molecule has 2 N–H and O–H groups in total. The number of anilines is 1. The molecule has 1 spiro atoms. The summed E-state index contributed by atoms with van der Waals surface area (Å²) in [5.74, 6) is -2.31. The third-order valence-corrected chi connectivity index (χ3v) is 5.77. The second-order valence-corrected chi connectivity index (χ2v) is 7.09. The first-order valence-corrected chi connectivity index (χ1v) is 8.53. The molecule has 25 heavy (non-hydrogen) atoms. The van der Waals surface area contributed by atoms with Gasteiger partial charge in [-0.25, -0.2) is 0 Å². The van der Waals surface area contributed by atoms with Crippen molar-refractivity contribution in [3.63, 3.8) is 0 Å². The van der Waals surface area contributed by atoms with Gasteiger partial charge < -0.3 is 10.1 Å². The Morgan fingerprint density at radius 2 is 2.04 bits per heavy atom. The van der Waals surface area contributed by atoms with Crippen LogP contribution in [0.4, 0.5) is 5.69 Å². The zero-order chi connectivity index (χ0) is 17.9. The molecule has 8 heteroatoms. The normalized spacial score (nSPS) is 33.2. The molecule has 3 aliphatic heterocycles. The van der Waals surface area contributed by atoms with Crippen molar-refractivity contribution in [3.05, 3.63) is 28.8 Å². The smallest absolute Gasteiger partial charge is 0.250 e. The number of imide groups is 1. The minimum absolute atomic E-state index is 0.188. The molecule has 2 fully saturated rings. The van der Waals surface area contributed by atoms with Crippen molar-refractivity contribution in [1.82, 2.24) is 10.2 Å². The molecule has 3 aliphatic rings. The van der Waals surface area contributed by atoms with Crippen LogP contribution in [-0.2, 0) is 24.7 Å². The lowest BCUT2D eigenvalue weighted by molar-refractivity contribution is -0.143. The number of carbonyl (C=O) groups excluding carboxylic acids is 3. The summed E-state index contributed by atoms with van der Waals surface area (Å²) in [4.78, 5) is 40.0. The molecular weight excluding hydrogens is 346 g/mol. The fourth-order valence-electron chi connectivity index (χ4n) is 4.42. The lowest BCUT2D eigenvalue weighted by Crippen LogP contribution is -2.53. The number of methoxy groups -OCH3 is 1. The highest BCUT2D eigenvalue weighted by molar-refractivity contribution is 6.35. The van der Waals surface area contributed by atoms with Crippen LogP contribution < -0.4 is 10.6 Å². The van der Waals surface area contributed by atoms with Gasteiger partial charge in [0.2, 0.25) is 17.7 Å². The molecule has 4 rings (SSSR count). The summed E-state index contributed by atoms with van der Waals surface area (Å²) in [7, 11) is 1.51. The third-order valence-electron chi connectivity index (χ3n) is 5.46. The van der Waals surface area contributed by atoms with Crippen LogP contribution in [0.25, 0.3) is 0 Å². The van der Waals surface area contributed by atoms with Gasteiger partial charge in [-0.05, 0) is 13.0 Å². The molecule has 4 atom stereocenters. The van der Waals surface area contributed by atoms with Gasteiger partial charge in [0, 0.05) is 18.7 Å². The molecule has 0 bridgehead atoms. The van der Waals surface area contributed by atoms with E-state index >= 15 is 0 Å². The van der Waals surface area contributed by atoms with E-state index in [0.29, 0.717) is 16.3 Å². The van der Waals surface area contributed by atoms with Gasteiger partial charge in [0.25, 0.3) is 0 Å². The maximum atomic E-state index is 13.0. The van der Waals surface area contributed by atoms with Crippen molar-refractivity contribution >= 4 is 35.0 Å². The fraction of sp³-hybridized carbons (Fsp3) is 0.471. The van der Waals surface area contributed by atoms with Crippen LogP contribution in [-0.4, -0.2) is 48.9 Å². The Morgan fingerprint density at radius 3 is 2.76 bits per heavy atom. The van der Waals surface area contributed by atoms with Gasteiger partial charge in [-0.3, -0.25) is 24.6 Å². The first-order valence-electron chi connectivity index (χ1n) is 8.15. The summed E-state index contributed by atoms with van der Waals surface area (Å²) in [6.45, 7) is 2.28. The molecular formula is C17H18ClN3O4. The van der Waals surface area contributed by atoms with Crippen molar-refractivity contribution in [3.8, 4) is 0 Å². The minimum Gasteiger partial charge on any atom is -0.383 e. The molecule has 0 aliphatic carbocycles. The Hall–Kier alpha value is -1.96. The fourth-order valence-corrected chi connectivity index (χ4v) is 4.64. The van der Waals surface area contributed by atoms with Gasteiger partial charge >= 0.3 is 0 Å².